The maximum absolute atomic E-state index is 13.9. The van der Waals surface area contributed by atoms with Crippen LogP contribution >= 0.6 is 0 Å². The second-order valence-corrected chi connectivity index (χ2v) is 9.74. The van der Waals surface area contributed by atoms with Crippen molar-refractivity contribution in [2.45, 2.75) is 31.8 Å². The third-order valence-corrected chi connectivity index (χ3v) is 7.32. The van der Waals surface area contributed by atoms with E-state index in [1.54, 1.807) is 37.6 Å². The lowest BCUT2D eigenvalue weighted by Crippen LogP contribution is -2.46. The molecule has 1 aliphatic rings. The van der Waals surface area contributed by atoms with Crippen LogP contribution in [0.15, 0.2) is 79.3 Å². The SMILES string of the molecule is CC1(c2cccc3ccccc23)C(=O)N(CCCc2cncn2Cc2ccc(C#N)cc2)C(=O)N1CC(=O)O. The number of imide groups is 1. The lowest BCUT2D eigenvalue weighted by atomic mass is 9.86. The molecule has 1 fully saturated rings. The largest absolute Gasteiger partial charge is 0.480 e. The number of aryl methyl sites for hydroxylation is 1. The van der Waals surface area contributed by atoms with Crippen molar-refractivity contribution in [3.63, 3.8) is 0 Å². The first-order valence-corrected chi connectivity index (χ1v) is 12.6. The molecule has 39 heavy (non-hydrogen) atoms. The molecule has 0 radical (unpaired) electrons. The summed E-state index contributed by atoms with van der Waals surface area (Å²) in [6, 6.07) is 21.9. The first-order chi connectivity index (χ1) is 18.8. The molecule has 4 aromatic rings. The molecule has 3 aromatic carbocycles. The summed E-state index contributed by atoms with van der Waals surface area (Å²) in [5, 5.41) is 20.3. The van der Waals surface area contributed by atoms with Crippen molar-refractivity contribution in [3.8, 4) is 6.07 Å². The van der Waals surface area contributed by atoms with E-state index >= 15 is 0 Å². The van der Waals surface area contributed by atoms with Gasteiger partial charge in [-0.05, 0) is 53.8 Å². The van der Waals surface area contributed by atoms with Gasteiger partial charge < -0.3 is 9.67 Å². The fourth-order valence-electron chi connectivity index (χ4n) is 5.27. The van der Waals surface area contributed by atoms with E-state index < -0.39 is 30.0 Å². The van der Waals surface area contributed by atoms with Gasteiger partial charge in [-0.1, -0.05) is 54.6 Å². The van der Waals surface area contributed by atoms with E-state index in [9.17, 15) is 19.5 Å². The highest BCUT2D eigenvalue weighted by atomic mass is 16.4. The van der Waals surface area contributed by atoms with Gasteiger partial charge >= 0.3 is 12.0 Å². The van der Waals surface area contributed by atoms with Crippen LogP contribution < -0.4 is 0 Å². The van der Waals surface area contributed by atoms with Gasteiger partial charge in [0.1, 0.15) is 12.1 Å². The van der Waals surface area contributed by atoms with Crippen molar-refractivity contribution >= 4 is 28.7 Å². The number of carboxylic acids is 1. The van der Waals surface area contributed by atoms with Gasteiger partial charge in [-0.2, -0.15) is 5.26 Å². The molecule has 196 valence electrons. The predicted molar refractivity (Wildman–Crippen MR) is 144 cm³/mol. The lowest BCUT2D eigenvalue weighted by Gasteiger charge is -2.32. The fraction of sp³-hybridized carbons (Fsp3) is 0.233. The highest BCUT2D eigenvalue weighted by Gasteiger charge is 2.56. The number of carbonyl (C=O) groups is 3. The van der Waals surface area contributed by atoms with E-state index in [1.807, 2.05) is 53.1 Å². The number of rotatable bonds is 9. The molecule has 1 N–H and O–H groups in total. The summed E-state index contributed by atoms with van der Waals surface area (Å²) in [4.78, 5) is 45.6. The molecular formula is C30H27N5O4. The number of amides is 3. The molecule has 1 aliphatic heterocycles. The number of aliphatic carboxylic acids is 1. The average molecular weight is 522 g/mol. The van der Waals surface area contributed by atoms with Crippen LogP contribution in [0.4, 0.5) is 4.79 Å². The summed E-state index contributed by atoms with van der Waals surface area (Å²) in [5.74, 6) is -1.62. The van der Waals surface area contributed by atoms with Gasteiger partial charge in [0, 0.05) is 25.0 Å². The van der Waals surface area contributed by atoms with Gasteiger partial charge in [0.05, 0.1) is 18.0 Å². The highest BCUT2D eigenvalue weighted by molar-refractivity contribution is 6.10. The van der Waals surface area contributed by atoms with E-state index in [0.29, 0.717) is 30.5 Å². The Hall–Kier alpha value is -4.97. The molecule has 0 spiro atoms. The predicted octanol–water partition coefficient (Wildman–Crippen LogP) is 4.15. The Morgan fingerprint density at radius 1 is 1.05 bits per heavy atom. The molecule has 2 heterocycles. The van der Waals surface area contributed by atoms with E-state index in [-0.39, 0.29) is 6.54 Å². The van der Waals surface area contributed by atoms with Crippen LogP contribution in [-0.4, -0.2) is 55.5 Å². The number of benzene rings is 3. The highest BCUT2D eigenvalue weighted by Crippen LogP contribution is 2.40. The van der Waals surface area contributed by atoms with Crippen molar-refractivity contribution < 1.29 is 19.5 Å². The normalized spacial score (nSPS) is 17.1. The van der Waals surface area contributed by atoms with Crippen molar-refractivity contribution in [1.29, 1.82) is 5.26 Å². The summed E-state index contributed by atoms with van der Waals surface area (Å²) in [5.41, 5.74) is 1.71. The van der Waals surface area contributed by atoms with Crippen LogP contribution in [0.5, 0.6) is 0 Å². The Bertz CT molecular complexity index is 1600. The minimum absolute atomic E-state index is 0.149. The van der Waals surface area contributed by atoms with E-state index in [1.165, 1.54) is 4.90 Å². The zero-order chi connectivity index (χ0) is 27.6. The zero-order valence-corrected chi connectivity index (χ0v) is 21.4. The Morgan fingerprint density at radius 2 is 1.79 bits per heavy atom. The quantitative estimate of drug-likeness (QED) is 0.331. The number of nitriles is 1. The molecule has 0 saturated carbocycles. The monoisotopic (exact) mass is 521 g/mol. The third-order valence-electron chi connectivity index (χ3n) is 7.32. The number of carbonyl (C=O) groups excluding carboxylic acids is 2. The summed E-state index contributed by atoms with van der Waals surface area (Å²) in [6.07, 6.45) is 4.54. The Morgan fingerprint density at radius 3 is 2.54 bits per heavy atom. The smallest absolute Gasteiger partial charge is 0.328 e. The van der Waals surface area contributed by atoms with Crippen LogP contribution in [0, 0.1) is 11.3 Å². The second-order valence-electron chi connectivity index (χ2n) is 9.74. The number of nitrogens with zero attached hydrogens (tertiary/aromatic N) is 5. The average Bonchev–Trinajstić information content (AvgIpc) is 3.45. The van der Waals surface area contributed by atoms with E-state index in [2.05, 4.69) is 11.1 Å². The standard InChI is InChI=1S/C30H27N5O4/c1-30(26-10-4-7-23-6-2-3-9-25(23)26)28(38)34(29(39)35(30)19-27(36)37)15-5-8-24-17-32-20-33(24)18-22-13-11-21(16-31)12-14-22/h2-4,6-7,9-14,17,20H,5,8,15,18-19H2,1H3,(H,36,37). The number of urea groups is 1. The van der Waals surface area contributed by atoms with Gasteiger partial charge in [-0.3, -0.25) is 19.4 Å². The summed E-state index contributed by atoms with van der Waals surface area (Å²) >= 11 is 0. The minimum Gasteiger partial charge on any atom is -0.480 e. The van der Waals surface area contributed by atoms with Gasteiger partial charge in [0.25, 0.3) is 5.91 Å². The van der Waals surface area contributed by atoms with Crippen molar-refractivity contribution in [2.75, 3.05) is 13.1 Å². The molecule has 0 bridgehead atoms. The molecule has 1 saturated heterocycles. The number of imidazole rings is 1. The van der Waals surface area contributed by atoms with E-state index in [4.69, 9.17) is 5.26 Å². The molecule has 3 amide bonds. The molecular weight excluding hydrogens is 494 g/mol. The molecule has 1 atom stereocenters. The minimum atomic E-state index is -1.45. The number of aromatic nitrogens is 2. The van der Waals surface area contributed by atoms with Crippen LogP contribution in [0.3, 0.4) is 0 Å². The molecule has 9 nitrogen and oxygen atoms in total. The van der Waals surface area contributed by atoms with E-state index in [0.717, 1.165) is 26.9 Å². The molecule has 1 unspecified atom stereocenters. The summed E-state index contributed by atoms with van der Waals surface area (Å²) < 4.78 is 1.99. The van der Waals surface area contributed by atoms with Gasteiger partial charge in [0.15, 0.2) is 0 Å². The number of hydrogen-bond donors (Lipinski definition) is 1. The fourth-order valence-corrected chi connectivity index (χ4v) is 5.27. The van der Waals surface area contributed by atoms with Crippen LogP contribution in [0.1, 0.15) is 35.7 Å². The molecule has 1 aromatic heterocycles. The number of hydrogen-bond acceptors (Lipinski definition) is 5. The van der Waals surface area contributed by atoms with Crippen LogP contribution in [-0.2, 0) is 28.1 Å². The third kappa shape index (κ3) is 4.73. The lowest BCUT2D eigenvalue weighted by molar-refractivity contribution is -0.139. The molecule has 0 aliphatic carbocycles. The van der Waals surface area contributed by atoms with Crippen LogP contribution in [0.25, 0.3) is 10.8 Å². The Balaban J connectivity index is 1.35. The topological polar surface area (TPSA) is 120 Å². The maximum Gasteiger partial charge on any atom is 0.328 e. The molecule has 9 heteroatoms. The Labute approximate surface area is 225 Å². The number of fused-ring (bicyclic) bond motifs is 1. The Kier molecular flexibility index (Phi) is 6.86. The van der Waals surface area contributed by atoms with Gasteiger partial charge in [-0.25, -0.2) is 9.78 Å². The van der Waals surface area contributed by atoms with Gasteiger partial charge in [0.2, 0.25) is 0 Å². The van der Waals surface area contributed by atoms with Crippen molar-refractivity contribution in [1.82, 2.24) is 19.4 Å². The first-order valence-electron chi connectivity index (χ1n) is 12.6. The first kappa shape index (κ1) is 25.7. The summed E-state index contributed by atoms with van der Waals surface area (Å²) in [7, 11) is 0. The van der Waals surface area contributed by atoms with Crippen molar-refractivity contribution in [2.24, 2.45) is 0 Å². The van der Waals surface area contributed by atoms with Crippen molar-refractivity contribution in [3.05, 3.63) is 102 Å². The summed E-state index contributed by atoms with van der Waals surface area (Å²) in [6.45, 7) is 1.77. The zero-order valence-electron chi connectivity index (χ0n) is 21.4. The molecule has 5 rings (SSSR count). The number of carboxylic acid groups (broad SMARTS) is 1. The maximum atomic E-state index is 13.9. The van der Waals surface area contributed by atoms with Gasteiger partial charge in [-0.15, -0.1) is 0 Å². The van der Waals surface area contributed by atoms with Crippen LogP contribution in [0.2, 0.25) is 0 Å². The second kappa shape index (κ2) is 10.4.